The van der Waals surface area contributed by atoms with Gasteiger partial charge < -0.3 is 4.90 Å². The molecule has 0 radical (unpaired) electrons. The van der Waals surface area contributed by atoms with Crippen molar-refractivity contribution in [1.29, 1.82) is 0 Å². The summed E-state index contributed by atoms with van der Waals surface area (Å²) in [6, 6.07) is 8.65. The minimum Gasteiger partial charge on any atom is -0.367 e. The maximum absolute atomic E-state index is 10.5. The summed E-state index contributed by atoms with van der Waals surface area (Å²) in [7, 11) is -9.08. The lowest BCUT2D eigenvalue weighted by atomic mass is 10.3. The van der Waals surface area contributed by atoms with Gasteiger partial charge in [-0.15, -0.1) is 0 Å². The average molecular weight is 341 g/mol. The molecule has 0 unspecified atom stereocenters. The molecule has 21 heavy (non-hydrogen) atoms. The van der Waals surface area contributed by atoms with Crippen molar-refractivity contribution in [3.05, 3.63) is 30.3 Å². The molecule has 2 N–H and O–H groups in total. The van der Waals surface area contributed by atoms with Crippen LogP contribution in [0.1, 0.15) is 0 Å². The van der Waals surface area contributed by atoms with Crippen LogP contribution >= 0.6 is 0 Å². The molecule has 0 aromatic heterocycles. The third-order valence-electron chi connectivity index (χ3n) is 2.31. The first kappa shape index (κ1) is 17.8. The Labute approximate surface area is 123 Å². The number of nitrogens with zero attached hydrogens (tertiary/aromatic N) is 1. The van der Waals surface area contributed by atoms with Crippen molar-refractivity contribution in [2.45, 2.75) is 0 Å². The topological polar surface area (TPSA) is 130 Å². The van der Waals surface area contributed by atoms with Gasteiger partial charge in [0.25, 0.3) is 0 Å². The van der Waals surface area contributed by atoms with E-state index >= 15 is 0 Å². The second-order valence-corrected chi connectivity index (χ2v) is 6.00. The zero-order chi connectivity index (χ0) is 15.9. The van der Waals surface area contributed by atoms with Gasteiger partial charge >= 0.3 is 20.8 Å². The van der Waals surface area contributed by atoms with E-state index in [1.165, 1.54) is 0 Å². The summed E-state index contributed by atoms with van der Waals surface area (Å²) in [4.78, 5) is 1.57. The Kier molecular flexibility index (Phi) is 6.51. The van der Waals surface area contributed by atoms with Gasteiger partial charge in [0.15, 0.2) is 0 Å². The molecule has 9 nitrogen and oxygen atoms in total. The third-order valence-corrected chi connectivity index (χ3v) is 3.24. The van der Waals surface area contributed by atoms with Crippen LogP contribution < -0.4 is 4.90 Å². The van der Waals surface area contributed by atoms with E-state index in [1.54, 1.807) is 35.2 Å². The summed E-state index contributed by atoms with van der Waals surface area (Å²) >= 11 is 0. The normalized spacial score (nSPS) is 12.3. The minimum absolute atomic E-state index is 0.0542. The van der Waals surface area contributed by atoms with Crippen LogP contribution in [0.4, 0.5) is 5.69 Å². The fourth-order valence-electron chi connectivity index (χ4n) is 1.51. The fraction of sp³-hybridized carbons (Fsp3) is 0.400. The van der Waals surface area contributed by atoms with Crippen molar-refractivity contribution in [3.8, 4) is 0 Å². The number of rotatable bonds is 9. The van der Waals surface area contributed by atoms with Gasteiger partial charge in [-0.1, -0.05) is 18.2 Å². The predicted octanol–water partition coefficient (Wildman–Crippen LogP) is 0.132. The molecule has 0 bridgehead atoms. The minimum atomic E-state index is -4.54. The van der Waals surface area contributed by atoms with Crippen LogP contribution in [0, 0.1) is 0 Å². The van der Waals surface area contributed by atoms with Crippen LogP contribution in [-0.4, -0.2) is 52.2 Å². The number of hydrogen-bond donors (Lipinski definition) is 2. The molecular formula is C10H15NO8S2. The van der Waals surface area contributed by atoms with E-state index in [9.17, 15) is 16.8 Å². The van der Waals surface area contributed by atoms with Crippen LogP contribution in [-0.2, 0) is 29.2 Å². The number of hydrogen-bond acceptors (Lipinski definition) is 7. The lowest BCUT2D eigenvalue weighted by Gasteiger charge is -2.23. The molecule has 0 saturated heterocycles. The van der Waals surface area contributed by atoms with E-state index in [0.717, 1.165) is 0 Å². The first-order chi connectivity index (χ1) is 9.67. The lowest BCUT2D eigenvalue weighted by Crippen LogP contribution is -2.32. The van der Waals surface area contributed by atoms with Gasteiger partial charge in [-0.25, -0.2) is 8.37 Å². The average Bonchev–Trinajstić information content (AvgIpc) is 2.35. The molecule has 1 rings (SSSR count). The van der Waals surface area contributed by atoms with Crippen molar-refractivity contribution in [2.75, 3.05) is 31.2 Å². The first-order valence-corrected chi connectivity index (χ1v) is 8.44. The second-order valence-electron chi connectivity index (χ2n) is 3.82. The highest BCUT2D eigenvalue weighted by Crippen LogP contribution is 2.12. The highest BCUT2D eigenvalue weighted by atomic mass is 32.3. The molecule has 1 aromatic rings. The third kappa shape index (κ3) is 8.60. The van der Waals surface area contributed by atoms with Crippen molar-refractivity contribution in [2.24, 2.45) is 0 Å². The molecule has 0 fully saturated rings. The summed E-state index contributed by atoms with van der Waals surface area (Å²) in [5.41, 5.74) is 0.662. The molecular weight excluding hydrogens is 326 g/mol. The van der Waals surface area contributed by atoms with E-state index in [4.69, 9.17) is 9.11 Å². The number of para-hydroxylation sites is 1. The fourth-order valence-corrected chi connectivity index (χ4v) is 2.08. The van der Waals surface area contributed by atoms with Gasteiger partial charge in [0, 0.05) is 18.8 Å². The largest absolute Gasteiger partial charge is 0.397 e. The lowest BCUT2D eigenvalue weighted by molar-refractivity contribution is 0.261. The standard InChI is InChI=1S/C10H15NO8S2/c12-20(13,14)18-8-6-11(7-9-19-21(15,16)17)10-4-2-1-3-5-10/h1-5H,6-9H2,(H,12,13,14)(H,15,16,17). The maximum atomic E-state index is 10.5. The van der Waals surface area contributed by atoms with Crippen LogP contribution in [0.15, 0.2) is 30.3 Å². The molecule has 11 heteroatoms. The zero-order valence-corrected chi connectivity index (χ0v) is 12.5. The second kappa shape index (κ2) is 7.68. The van der Waals surface area contributed by atoms with Crippen molar-refractivity contribution in [1.82, 2.24) is 0 Å². The monoisotopic (exact) mass is 341 g/mol. The molecule has 0 heterocycles. The van der Waals surface area contributed by atoms with Gasteiger partial charge in [0.2, 0.25) is 0 Å². The Morgan fingerprint density at radius 3 is 1.67 bits per heavy atom. The van der Waals surface area contributed by atoms with E-state index in [-0.39, 0.29) is 26.3 Å². The maximum Gasteiger partial charge on any atom is 0.397 e. The van der Waals surface area contributed by atoms with E-state index in [2.05, 4.69) is 8.37 Å². The Hall–Kier alpha value is -1.24. The summed E-state index contributed by atoms with van der Waals surface area (Å²) < 4.78 is 67.3. The molecule has 120 valence electrons. The number of benzene rings is 1. The molecule has 0 spiro atoms. The van der Waals surface area contributed by atoms with Crippen LogP contribution in [0.3, 0.4) is 0 Å². The SMILES string of the molecule is O=S(=O)(O)OCCN(CCOS(=O)(=O)O)c1ccccc1. The Balaban J connectivity index is 2.62. The zero-order valence-electron chi connectivity index (χ0n) is 10.8. The summed E-state index contributed by atoms with van der Waals surface area (Å²) in [5.74, 6) is 0. The Bertz CT molecular complexity index is 590. The van der Waals surface area contributed by atoms with Gasteiger partial charge in [-0.2, -0.15) is 16.8 Å². The van der Waals surface area contributed by atoms with E-state index < -0.39 is 20.8 Å². The molecule has 0 atom stereocenters. The Morgan fingerprint density at radius 2 is 1.29 bits per heavy atom. The summed E-state index contributed by atoms with van der Waals surface area (Å²) in [6.45, 7) is -0.559. The van der Waals surface area contributed by atoms with Gasteiger partial charge in [0.05, 0.1) is 13.2 Å². The van der Waals surface area contributed by atoms with Crippen molar-refractivity contribution >= 4 is 26.5 Å². The molecule has 0 saturated carbocycles. The number of anilines is 1. The molecule has 0 aliphatic carbocycles. The van der Waals surface area contributed by atoms with E-state index in [1.807, 2.05) is 0 Å². The van der Waals surface area contributed by atoms with Crippen LogP contribution in [0.5, 0.6) is 0 Å². The van der Waals surface area contributed by atoms with Gasteiger partial charge in [-0.05, 0) is 12.1 Å². The molecule has 0 amide bonds. The molecule has 1 aromatic carbocycles. The Morgan fingerprint density at radius 1 is 0.857 bits per heavy atom. The van der Waals surface area contributed by atoms with Crippen molar-refractivity contribution in [3.63, 3.8) is 0 Å². The van der Waals surface area contributed by atoms with Gasteiger partial charge in [0.1, 0.15) is 0 Å². The summed E-state index contributed by atoms with van der Waals surface area (Å²) in [5, 5.41) is 0. The molecule has 0 aliphatic rings. The van der Waals surface area contributed by atoms with Crippen LogP contribution in [0.2, 0.25) is 0 Å². The van der Waals surface area contributed by atoms with Crippen molar-refractivity contribution < 1.29 is 34.3 Å². The molecule has 0 aliphatic heterocycles. The smallest absolute Gasteiger partial charge is 0.367 e. The highest BCUT2D eigenvalue weighted by Gasteiger charge is 2.11. The quantitative estimate of drug-likeness (QED) is 0.602. The van der Waals surface area contributed by atoms with Gasteiger partial charge in [-0.3, -0.25) is 9.11 Å². The summed E-state index contributed by atoms with van der Waals surface area (Å²) in [6.07, 6.45) is 0. The van der Waals surface area contributed by atoms with E-state index in [0.29, 0.717) is 5.69 Å². The highest BCUT2D eigenvalue weighted by molar-refractivity contribution is 7.81. The van der Waals surface area contributed by atoms with Crippen LogP contribution in [0.25, 0.3) is 0 Å². The first-order valence-electron chi connectivity index (χ1n) is 5.71. The predicted molar refractivity (Wildman–Crippen MR) is 73.7 cm³/mol.